The van der Waals surface area contributed by atoms with Gasteiger partial charge in [-0.25, -0.2) is 0 Å². The molecule has 5 aliphatic rings. The normalized spacial score (nSPS) is 42.5. The van der Waals surface area contributed by atoms with Gasteiger partial charge in [0.2, 0.25) is 11.8 Å². The van der Waals surface area contributed by atoms with Crippen molar-refractivity contribution < 1.29 is 14.7 Å². The van der Waals surface area contributed by atoms with Gasteiger partial charge in [0.15, 0.2) is 0 Å². The maximum Gasteiger partial charge on any atom is 0.223 e. The summed E-state index contributed by atoms with van der Waals surface area (Å²) in [5.74, 6) is 3.67. The average Bonchev–Trinajstić information content (AvgIpc) is 3.20. The van der Waals surface area contributed by atoms with Crippen molar-refractivity contribution in [3.05, 3.63) is 11.6 Å². The molecule has 0 aromatic heterocycles. The lowest BCUT2D eigenvalue weighted by molar-refractivity contribution is -0.138. The van der Waals surface area contributed by atoms with E-state index in [1.165, 1.54) is 32.1 Å². The topological polar surface area (TPSA) is 83.6 Å². The number of piperidine rings is 1. The van der Waals surface area contributed by atoms with Gasteiger partial charge in [0, 0.05) is 24.9 Å². The Balaban J connectivity index is 1.19. The van der Waals surface area contributed by atoms with Crippen molar-refractivity contribution in [1.82, 2.24) is 4.90 Å². The van der Waals surface area contributed by atoms with Gasteiger partial charge in [0.25, 0.3) is 0 Å². The number of aliphatic hydroxyl groups excluding tert-OH is 1. The van der Waals surface area contributed by atoms with Crippen LogP contribution in [-0.2, 0) is 9.59 Å². The standard InChI is InChI=1S/C31H50N2O3/c1-20(5-10-27(35)33-17-15-29(2,16-18-33)28(32)36)24-8-9-25-23-7-6-21-19-22(34)11-13-30(21,3)26(23)12-14-31(24,25)4/h6,20,22-26,34H,5,7-19H2,1-4H3,(H2,32,36)/t20-,22+,23+,24-,25+,26+,30+,31-/m1/s1. The number of carbonyl (C=O) groups excluding carboxylic acids is 2. The van der Waals surface area contributed by atoms with Crippen LogP contribution in [-0.4, -0.2) is 41.0 Å². The Morgan fingerprint density at radius 3 is 2.47 bits per heavy atom. The molecule has 1 aliphatic heterocycles. The van der Waals surface area contributed by atoms with E-state index in [1.807, 2.05) is 11.8 Å². The molecule has 202 valence electrons. The van der Waals surface area contributed by atoms with Crippen molar-refractivity contribution in [3.63, 3.8) is 0 Å². The summed E-state index contributed by atoms with van der Waals surface area (Å²) in [4.78, 5) is 26.7. The van der Waals surface area contributed by atoms with E-state index in [0.717, 1.165) is 43.4 Å². The summed E-state index contributed by atoms with van der Waals surface area (Å²) in [5, 5.41) is 10.3. The molecule has 0 spiro atoms. The maximum absolute atomic E-state index is 13.0. The molecule has 1 heterocycles. The fourth-order valence-corrected chi connectivity index (χ4v) is 9.82. The first-order chi connectivity index (χ1) is 17.0. The van der Waals surface area contributed by atoms with Crippen LogP contribution in [0, 0.1) is 45.8 Å². The van der Waals surface area contributed by atoms with Crippen molar-refractivity contribution in [2.45, 2.75) is 111 Å². The van der Waals surface area contributed by atoms with E-state index in [1.54, 1.807) is 5.57 Å². The Bertz CT molecular complexity index is 905. The number of likely N-dealkylation sites (tertiary alicyclic amines) is 1. The van der Waals surface area contributed by atoms with Crippen molar-refractivity contribution in [2.24, 2.45) is 51.6 Å². The molecule has 1 saturated heterocycles. The Labute approximate surface area is 218 Å². The predicted octanol–water partition coefficient (Wildman–Crippen LogP) is 5.46. The van der Waals surface area contributed by atoms with Crippen molar-refractivity contribution in [3.8, 4) is 0 Å². The van der Waals surface area contributed by atoms with Crippen LogP contribution >= 0.6 is 0 Å². The lowest BCUT2D eigenvalue weighted by Crippen LogP contribution is -2.50. The minimum absolute atomic E-state index is 0.133. The highest BCUT2D eigenvalue weighted by atomic mass is 16.3. The molecular weight excluding hydrogens is 448 g/mol. The second-order valence-corrected chi connectivity index (χ2v) is 14.2. The third-order valence-corrected chi connectivity index (χ3v) is 12.5. The highest BCUT2D eigenvalue weighted by Gasteiger charge is 2.59. The van der Waals surface area contributed by atoms with E-state index in [-0.39, 0.29) is 17.9 Å². The first kappa shape index (κ1) is 26.3. The number of carbonyl (C=O) groups is 2. The molecule has 0 unspecified atom stereocenters. The fraction of sp³-hybridized carbons (Fsp3) is 0.871. The lowest BCUT2D eigenvalue weighted by Gasteiger charge is -2.58. The molecule has 36 heavy (non-hydrogen) atoms. The van der Waals surface area contributed by atoms with Gasteiger partial charge < -0.3 is 15.7 Å². The minimum atomic E-state index is -0.458. The van der Waals surface area contributed by atoms with Crippen LogP contribution < -0.4 is 5.73 Å². The Hall–Kier alpha value is -1.36. The van der Waals surface area contributed by atoms with Crippen molar-refractivity contribution in [2.75, 3.05) is 13.1 Å². The average molecular weight is 499 g/mol. The van der Waals surface area contributed by atoms with Crippen molar-refractivity contribution >= 4 is 11.8 Å². The zero-order valence-corrected chi connectivity index (χ0v) is 23.2. The van der Waals surface area contributed by atoms with Crippen LogP contribution in [0.15, 0.2) is 11.6 Å². The van der Waals surface area contributed by atoms with Gasteiger partial charge in [-0.3, -0.25) is 9.59 Å². The molecular formula is C31H50N2O3. The number of amides is 2. The largest absolute Gasteiger partial charge is 0.393 e. The number of hydrogen-bond acceptors (Lipinski definition) is 3. The summed E-state index contributed by atoms with van der Waals surface area (Å²) < 4.78 is 0. The van der Waals surface area contributed by atoms with Crippen LogP contribution in [0.5, 0.6) is 0 Å². The Morgan fingerprint density at radius 1 is 1.06 bits per heavy atom. The summed E-state index contributed by atoms with van der Waals surface area (Å²) in [6, 6.07) is 0. The molecule has 0 radical (unpaired) electrons. The van der Waals surface area contributed by atoms with Gasteiger partial charge in [0.1, 0.15) is 0 Å². The molecule has 4 fully saturated rings. The SMILES string of the molecule is C[C@H](CCC(=O)N1CCC(C)(C(N)=O)CC1)[C@H]1CC[C@H]2[C@@H]3CC=C4C[C@@H](O)CC[C@]4(C)[C@H]3CC[C@]12C. The summed E-state index contributed by atoms with van der Waals surface area (Å²) in [6.07, 6.45) is 14.9. The third-order valence-electron chi connectivity index (χ3n) is 12.5. The van der Waals surface area contributed by atoms with Crippen LogP contribution in [0.4, 0.5) is 0 Å². The smallest absolute Gasteiger partial charge is 0.223 e. The summed E-state index contributed by atoms with van der Waals surface area (Å²) >= 11 is 0. The number of nitrogens with zero attached hydrogens (tertiary/aromatic N) is 1. The molecule has 8 atom stereocenters. The number of allylic oxidation sites excluding steroid dienone is 1. The van der Waals surface area contributed by atoms with E-state index in [4.69, 9.17) is 5.73 Å². The Morgan fingerprint density at radius 2 is 1.78 bits per heavy atom. The molecule has 4 aliphatic carbocycles. The van der Waals surface area contributed by atoms with Crippen LogP contribution in [0.2, 0.25) is 0 Å². The van der Waals surface area contributed by atoms with Crippen molar-refractivity contribution in [1.29, 1.82) is 0 Å². The molecule has 5 heteroatoms. The quantitative estimate of drug-likeness (QED) is 0.494. The first-order valence-corrected chi connectivity index (χ1v) is 14.9. The van der Waals surface area contributed by atoms with Gasteiger partial charge in [-0.2, -0.15) is 0 Å². The van der Waals surface area contributed by atoms with Gasteiger partial charge >= 0.3 is 0 Å². The third kappa shape index (κ3) is 4.25. The number of aliphatic hydroxyl groups is 1. The van der Waals surface area contributed by atoms with Gasteiger partial charge in [-0.1, -0.05) is 39.3 Å². The number of hydrogen-bond donors (Lipinski definition) is 2. The molecule has 0 aromatic rings. The molecule has 5 nitrogen and oxygen atoms in total. The molecule has 0 aromatic carbocycles. The van der Waals surface area contributed by atoms with E-state index in [0.29, 0.717) is 55.0 Å². The molecule has 2 amide bonds. The molecule has 0 bridgehead atoms. The molecule has 3 N–H and O–H groups in total. The highest BCUT2D eigenvalue weighted by Crippen LogP contribution is 2.67. The monoisotopic (exact) mass is 498 g/mol. The number of nitrogens with two attached hydrogens (primary N) is 1. The number of primary amides is 1. The lowest BCUT2D eigenvalue weighted by atomic mass is 9.47. The zero-order chi connectivity index (χ0) is 25.9. The first-order valence-electron chi connectivity index (χ1n) is 14.9. The Kier molecular flexibility index (Phi) is 6.88. The fourth-order valence-electron chi connectivity index (χ4n) is 9.82. The molecule has 3 saturated carbocycles. The molecule has 5 rings (SSSR count). The van der Waals surface area contributed by atoms with Gasteiger partial charge in [-0.15, -0.1) is 0 Å². The van der Waals surface area contributed by atoms with E-state index < -0.39 is 5.41 Å². The van der Waals surface area contributed by atoms with Crippen LogP contribution in [0.25, 0.3) is 0 Å². The zero-order valence-electron chi connectivity index (χ0n) is 23.2. The highest BCUT2D eigenvalue weighted by molar-refractivity contribution is 5.81. The second kappa shape index (κ2) is 9.43. The van der Waals surface area contributed by atoms with Gasteiger partial charge in [0.05, 0.1) is 6.10 Å². The number of rotatable bonds is 5. The van der Waals surface area contributed by atoms with Crippen LogP contribution in [0.1, 0.15) is 105 Å². The summed E-state index contributed by atoms with van der Waals surface area (Å²) in [7, 11) is 0. The van der Waals surface area contributed by atoms with Crippen LogP contribution in [0.3, 0.4) is 0 Å². The van der Waals surface area contributed by atoms with E-state index in [2.05, 4.69) is 26.8 Å². The van der Waals surface area contributed by atoms with E-state index in [9.17, 15) is 14.7 Å². The second-order valence-electron chi connectivity index (χ2n) is 14.2. The van der Waals surface area contributed by atoms with Gasteiger partial charge in [-0.05, 0) is 111 Å². The summed E-state index contributed by atoms with van der Waals surface area (Å²) in [6.45, 7) is 10.8. The minimum Gasteiger partial charge on any atom is -0.393 e. The van der Waals surface area contributed by atoms with E-state index >= 15 is 0 Å². The predicted molar refractivity (Wildman–Crippen MR) is 143 cm³/mol. The summed E-state index contributed by atoms with van der Waals surface area (Å²) in [5.41, 5.74) is 7.39. The maximum atomic E-state index is 13.0. The number of fused-ring (bicyclic) bond motifs is 5.